The van der Waals surface area contributed by atoms with Gasteiger partial charge in [-0.3, -0.25) is 10.1 Å². The van der Waals surface area contributed by atoms with E-state index in [1.807, 2.05) is 43.3 Å². The first-order valence-electron chi connectivity index (χ1n) is 10.4. The van der Waals surface area contributed by atoms with E-state index in [2.05, 4.69) is 10.6 Å². The van der Waals surface area contributed by atoms with E-state index in [1.54, 1.807) is 30.3 Å². The number of methoxy groups -OCH3 is 2. The van der Waals surface area contributed by atoms with E-state index in [0.717, 1.165) is 16.5 Å². The molecule has 4 rings (SSSR count). The lowest BCUT2D eigenvalue weighted by atomic mass is 10.0. The van der Waals surface area contributed by atoms with Crippen molar-refractivity contribution in [1.82, 2.24) is 5.32 Å². The Morgan fingerprint density at radius 1 is 0.912 bits per heavy atom. The van der Waals surface area contributed by atoms with Crippen molar-refractivity contribution >= 4 is 39.9 Å². The summed E-state index contributed by atoms with van der Waals surface area (Å²) in [5, 5.41) is 6.59. The molecule has 1 amide bonds. The summed E-state index contributed by atoms with van der Waals surface area (Å²) in [4.78, 5) is 25.3. The summed E-state index contributed by atoms with van der Waals surface area (Å²) in [5.74, 6) is 0.275. The first-order valence-corrected chi connectivity index (χ1v) is 10.8. The molecule has 0 fully saturated rings. The van der Waals surface area contributed by atoms with Gasteiger partial charge in [0.1, 0.15) is 22.6 Å². The molecule has 172 valence electrons. The van der Waals surface area contributed by atoms with Crippen LogP contribution in [-0.4, -0.2) is 25.2 Å². The van der Waals surface area contributed by atoms with E-state index in [-0.39, 0.29) is 10.7 Å². The minimum absolute atomic E-state index is 0.107. The number of carbonyl (C=O) groups excluding carboxylic acids is 1. The van der Waals surface area contributed by atoms with E-state index >= 15 is 0 Å². The first kappa shape index (κ1) is 23.0. The van der Waals surface area contributed by atoms with Gasteiger partial charge in [0.2, 0.25) is 0 Å². The Morgan fingerprint density at radius 3 is 2.29 bits per heavy atom. The number of thiocarbonyl (C=S) groups is 1. The lowest BCUT2D eigenvalue weighted by Crippen LogP contribution is -2.34. The van der Waals surface area contributed by atoms with E-state index < -0.39 is 11.5 Å². The first-order chi connectivity index (χ1) is 16.4. The third-order valence-corrected chi connectivity index (χ3v) is 5.50. The van der Waals surface area contributed by atoms with Crippen molar-refractivity contribution in [2.45, 2.75) is 6.92 Å². The van der Waals surface area contributed by atoms with Gasteiger partial charge in [-0.25, -0.2) is 4.79 Å². The molecule has 7 nitrogen and oxygen atoms in total. The topological polar surface area (TPSA) is 89.8 Å². The fraction of sp³-hybridized carbons (Fsp3) is 0.115. The van der Waals surface area contributed by atoms with Crippen LogP contribution in [0.15, 0.2) is 75.9 Å². The summed E-state index contributed by atoms with van der Waals surface area (Å²) >= 11 is 5.32. The van der Waals surface area contributed by atoms with Crippen molar-refractivity contribution in [3.05, 3.63) is 88.3 Å². The Labute approximate surface area is 201 Å². The summed E-state index contributed by atoms with van der Waals surface area (Å²) in [6, 6.07) is 19.7. The van der Waals surface area contributed by atoms with Crippen molar-refractivity contribution in [2.75, 3.05) is 19.5 Å². The second kappa shape index (κ2) is 9.76. The number of hydrogen-bond donors (Lipinski definition) is 2. The fourth-order valence-electron chi connectivity index (χ4n) is 3.70. The van der Waals surface area contributed by atoms with Crippen LogP contribution in [0.2, 0.25) is 0 Å². The van der Waals surface area contributed by atoms with E-state index in [4.69, 9.17) is 26.1 Å². The Morgan fingerprint density at radius 2 is 1.62 bits per heavy atom. The van der Waals surface area contributed by atoms with Crippen LogP contribution in [0, 0.1) is 6.92 Å². The molecular weight excluding hydrogens is 452 g/mol. The number of anilines is 1. The zero-order chi connectivity index (χ0) is 24.2. The molecule has 0 aliphatic rings. The van der Waals surface area contributed by atoms with Crippen LogP contribution in [0.5, 0.6) is 11.5 Å². The monoisotopic (exact) mass is 474 g/mol. The van der Waals surface area contributed by atoms with Gasteiger partial charge in [0.15, 0.2) is 5.11 Å². The maximum Gasteiger partial charge on any atom is 0.344 e. The average Bonchev–Trinajstić information content (AvgIpc) is 2.83. The number of carbonyl (C=O) groups is 1. The van der Waals surface area contributed by atoms with E-state index in [9.17, 15) is 9.59 Å². The Balaban J connectivity index is 1.54. The maximum absolute atomic E-state index is 12.8. The normalized spacial score (nSPS) is 10.6. The number of fused-ring (bicyclic) bond motifs is 1. The summed E-state index contributed by atoms with van der Waals surface area (Å²) in [5.41, 5.74) is 3.10. The van der Waals surface area contributed by atoms with Gasteiger partial charge in [-0.2, -0.15) is 0 Å². The number of ether oxygens (including phenoxy) is 2. The smallest absolute Gasteiger partial charge is 0.344 e. The third kappa shape index (κ3) is 4.62. The molecule has 0 saturated heterocycles. The molecule has 8 heteroatoms. The van der Waals surface area contributed by atoms with E-state index in [0.29, 0.717) is 28.3 Å². The predicted octanol–water partition coefficient (Wildman–Crippen LogP) is 4.91. The van der Waals surface area contributed by atoms with E-state index in [1.165, 1.54) is 14.2 Å². The minimum Gasteiger partial charge on any atom is -0.496 e. The molecule has 0 atom stereocenters. The molecule has 0 radical (unpaired) electrons. The van der Waals surface area contributed by atoms with Gasteiger partial charge in [0.05, 0.1) is 19.8 Å². The summed E-state index contributed by atoms with van der Waals surface area (Å²) in [6.45, 7) is 1.89. The highest BCUT2D eigenvalue weighted by Crippen LogP contribution is 2.28. The highest BCUT2D eigenvalue weighted by Gasteiger charge is 2.19. The number of para-hydroxylation sites is 1. The molecule has 1 heterocycles. The quantitative estimate of drug-likeness (QED) is 0.314. The van der Waals surface area contributed by atoms with Crippen LogP contribution in [0.1, 0.15) is 15.9 Å². The van der Waals surface area contributed by atoms with Crippen LogP contribution in [0.25, 0.3) is 22.1 Å². The Kier molecular flexibility index (Phi) is 6.60. The zero-order valence-electron chi connectivity index (χ0n) is 18.8. The molecule has 4 aromatic rings. The van der Waals surface area contributed by atoms with Crippen LogP contribution in [0.3, 0.4) is 0 Å². The van der Waals surface area contributed by atoms with Crippen molar-refractivity contribution in [1.29, 1.82) is 0 Å². The minimum atomic E-state index is -0.464. The van der Waals surface area contributed by atoms with Crippen LogP contribution in [-0.2, 0) is 0 Å². The molecule has 0 unspecified atom stereocenters. The van der Waals surface area contributed by atoms with Gasteiger partial charge in [-0.15, -0.1) is 0 Å². The molecule has 1 aromatic heterocycles. The lowest BCUT2D eigenvalue weighted by Gasteiger charge is -2.15. The van der Waals surface area contributed by atoms with Crippen molar-refractivity contribution < 1.29 is 18.7 Å². The number of amides is 1. The number of rotatable bonds is 5. The Bertz CT molecular complexity index is 1440. The number of benzene rings is 3. The zero-order valence-corrected chi connectivity index (χ0v) is 19.6. The summed E-state index contributed by atoms with van der Waals surface area (Å²) < 4.78 is 16.0. The third-order valence-electron chi connectivity index (χ3n) is 5.30. The molecule has 3 aromatic carbocycles. The van der Waals surface area contributed by atoms with Crippen LogP contribution in [0.4, 0.5) is 5.69 Å². The largest absolute Gasteiger partial charge is 0.496 e. The second-order valence-corrected chi connectivity index (χ2v) is 7.87. The average molecular weight is 475 g/mol. The molecule has 34 heavy (non-hydrogen) atoms. The molecule has 0 bridgehead atoms. The maximum atomic E-state index is 12.8. The van der Waals surface area contributed by atoms with Gasteiger partial charge in [-0.05, 0) is 66.7 Å². The van der Waals surface area contributed by atoms with Gasteiger partial charge in [0.25, 0.3) is 5.91 Å². The molecule has 0 saturated carbocycles. The molecule has 2 N–H and O–H groups in total. The number of hydrogen-bond acceptors (Lipinski definition) is 6. The second-order valence-electron chi connectivity index (χ2n) is 7.46. The molecule has 0 aliphatic heterocycles. The van der Waals surface area contributed by atoms with Gasteiger partial charge in [-0.1, -0.05) is 30.3 Å². The SMILES string of the molecule is COc1cccc(OC)c1C(=O)NC(=S)Nc1ccc(-c2cc3ccccc3oc2=O)c(C)c1. The number of nitrogens with one attached hydrogen (secondary N) is 2. The Hall–Kier alpha value is -4.17. The van der Waals surface area contributed by atoms with Gasteiger partial charge >= 0.3 is 5.63 Å². The molecule has 0 spiro atoms. The predicted molar refractivity (Wildman–Crippen MR) is 136 cm³/mol. The molecule has 0 aliphatic carbocycles. The van der Waals surface area contributed by atoms with Gasteiger partial charge < -0.3 is 19.2 Å². The summed E-state index contributed by atoms with van der Waals surface area (Å²) in [7, 11) is 2.95. The number of aryl methyl sites for hydroxylation is 1. The standard InChI is InChI=1S/C26H22N2O5S/c1-15-13-17(11-12-18(15)19-14-16-7-4-5-8-20(16)33-25(19)30)27-26(34)28-24(29)23-21(31-2)9-6-10-22(23)32-3/h4-14H,1-3H3,(H2,27,28,29,34). The van der Waals surface area contributed by atoms with Crippen molar-refractivity contribution in [3.8, 4) is 22.6 Å². The van der Waals surface area contributed by atoms with Crippen molar-refractivity contribution in [3.63, 3.8) is 0 Å². The highest BCUT2D eigenvalue weighted by molar-refractivity contribution is 7.80. The van der Waals surface area contributed by atoms with Crippen molar-refractivity contribution in [2.24, 2.45) is 0 Å². The summed E-state index contributed by atoms with van der Waals surface area (Å²) in [6.07, 6.45) is 0. The van der Waals surface area contributed by atoms with Crippen LogP contribution < -0.4 is 25.7 Å². The van der Waals surface area contributed by atoms with Crippen LogP contribution >= 0.6 is 12.2 Å². The lowest BCUT2D eigenvalue weighted by molar-refractivity contribution is 0.0971. The highest BCUT2D eigenvalue weighted by atomic mass is 32.1. The molecular formula is C26H22N2O5S. The fourth-order valence-corrected chi connectivity index (χ4v) is 3.91. The van der Waals surface area contributed by atoms with Gasteiger partial charge in [0, 0.05) is 11.1 Å².